The lowest BCUT2D eigenvalue weighted by atomic mass is 10.2. The van der Waals surface area contributed by atoms with Crippen LogP contribution in [0.1, 0.15) is 24.0 Å². The number of thioether (sulfide) groups is 1. The van der Waals surface area contributed by atoms with E-state index in [4.69, 9.17) is 11.6 Å². The van der Waals surface area contributed by atoms with Gasteiger partial charge >= 0.3 is 0 Å². The minimum absolute atomic E-state index is 0.578. The molecule has 1 aromatic rings. The summed E-state index contributed by atoms with van der Waals surface area (Å²) in [7, 11) is 0. The Morgan fingerprint density at radius 1 is 1.62 bits per heavy atom. The van der Waals surface area contributed by atoms with Gasteiger partial charge in [-0.25, -0.2) is 4.98 Å². The first kappa shape index (κ1) is 9.35. The van der Waals surface area contributed by atoms with E-state index in [1.165, 1.54) is 24.0 Å². The second kappa shape index (κ2) is 3.89. The highest BCUT2D eigenvalue weighted by molar-refractivity contribution is 8.00. The third-order valence-electron chi connectivity index (χ3n) is 2.19. The summed E-state index contributed by atoms with van der Waals surface area (Å²) in [5.74, 6) is 0.578. The van der Waals surface area contributed by atoms with Gasteiger partial charge in [-0.15, -0.1) is 23.4 Å². The number of hydrogen-bond acceptors (Lipinski definition) is 2. The average Bonchev–Trinajstić information content (AvgIpc) is 2.89. The molecule has 0 radical (unpaired) electrons. The first-order valence-corrected chi connectivity index (χ1v) is 5.90. The number of nitrogens with zero attached hydrogens (tertiary/aromatic N) is 1. The summed E-state index contributed by atoms with van der Waals surface area (Å²) < 4.78 is 0. The van der Waals surface area contributed by atoms with Gasteiger partial charge < -0.3 is 0 Å². The molecule has 0 aromatic carbocycles. The zero-order chi connectivity index (χ0) is 9.26. The number of alkyl halides is 1. The van der Waals surface area contributed by atoms with Gasteiger partial charge in [-0.1, -0.05) is 0 Å². The highest BCUT2D eigenvalue weighted by Gasteiger charge is 2.24. The van der Waals surface area contributed by atoms with Gasteiger partial charge in [0.15, 0.2) is 0 Å². The van der Waals surface area contributed by atoms with Crippen LogP contribution in [-0.4, -0.2) is 10.2 Å². The van der Waals surface area contributed by atoms with Crippen LogP contribution in [-0.2, 0) is 5.88 Å². The van der Waals surface area contributed by atoms with Crippen molar-refractivity contribution in [3.8, 4) is 0 Å². The Labute approximate surface area is 87.9 Å². The number of halogens is 1. The molecule has 1 nitrogen and oxygen atoms in total. The van der Waals surface area contributed by atoms with Gasteiger partial charge in [-0.3, -0.25) is 0 Å². The highest BCUT2D eigenvalue weighted by atomic mass is 35.5. The van der Waals surface area contributed by atoms with Crippen LogP contribution in [0.4, 0.5) is 0 Å². The normalized spacial score (nSPS) is 16.2. The van der Waals surface area contributed by atoms with Crippen LogP contribution in [0.5, 0.6) is 0 Å². The second-order valence-electron chi connectivity index (χ2n) is 3.36. The molecular weight excluding hydrogens is 202 g/mol. The van der Waals surface area contributed by atoms with Crippen LogP contribution in [0.3, 0.4) is 0 Å². The molecule has 0 unspecified atom stereocenters. The molecule has 1 saturated carbocycles. The van der Waals surface area contributed by atoms with E-state index in [2.05, 4.69) is 11.9 Å². The third-order valence-corrected chi connectivity index (χ3v) is 3.83. The smallest absolute Gasteiger partial charge is 0.101 e. The lowest BCUT2D eigenvalue weighted by molar-refractivity contribution is 1.04. The fraction of sp³-hybridized carbons (Fsp3) is 0.500. The van der Waals surface area contributed by atoms with E-state index in [0.717, 1.165) is 10.3 Å². The van der Waals surface area contributed by atoms with Crippen LogP contribution < -0.4 is 0 Å². The van der Waals surface area contributed by atoms with Crippen molar-refractivity contribution in [2.45, 2.75) is 35.9 Å². The topological polar surface area (TPSA) is 12.9 Å². The molecule has 0 spiro atoms. The quantitative estimate of drug-likeness (QED) is 0.714. The first-order chi connectivity index (χ1) is 6.31. The molecule has 13 heavy (non-hydrogen) atoms. The number of rotatable bonds is 3. The molecule has 1 aliphatic rings. The van der Waals surface area contributed by atoms with E-state index in [1.807, 2.05) is 24.0 Å². The van der Waals surface area contributed by atoms with Crippen molar-refractivity contribution in [2.75, 3.05) is 0 Å². The maximum absolute atomic E-state index is 5.89. The molecule has 0 saturated heterocycles. The van der Waals surface area contributed by atoms with Gasteiger partial charge in [0.1, 0.15) is 5.03 Å². The van der Waals surface area contributed by atoms with E-state index < -0.39 is 0 Å². The molecule has 0 amide bonds. The molecule has 0 aliphatic heterocycles. The Bertz CT molecular complexity index is 310. The largest absolute Gasteiger partial charge is 0.250 e. The van der Waals surface area contributed by atoms with E-state index in [0.29, 0.717) is 5.88 Å². The number of aryl methyl sites for hydroxylation is 1. The molecule has 1 aliphatic carbocycles. The standard InChI is InChI=1S/C10H12ClNS/c1-7-4-5-12-10(9(7)6-11)13-8-2-3-8/h4-5,8H,2-3,6H2,1H3. The van der Waals surface area contributed by atoms with E-state index >= 15 is 0 Å². The maximum atomic E-state index is 5.89. The molecule has 1 heterocycles. The molecule has 1 aromatic heterocycles. The maximum Gasteiger partial charge on any atom is 0.101 e. The fourth-order valence-electron chi connectivity index (χ4n) is 1.17. The number of aromatic nitrogens is 1. The van der Waals surface area contributed by atoms with Gasteiger partial charge in [0.05, 0.1) is 5.88 Å². The second-order valence-corrected chi connectivity index (χ2v) is 4.92. The Kier molecular flexibility index (Phi) is 2.80. The zero-order valence-corrected chi connectivity index (χ0v) is 9.16. The van der Waals surface area contributed by atoms with Crippen molar-refractivity contribution in [2.24, 2.45) is 0 Å². The summed E-state index contributed by atoms with van der Waals surface area (Å²) in [6.45, 7) is 2.09. The predicted octanol–water partition coefficient (Wildman–Crippen LogP) is 3.38. The lowest BCUT2D eigenvalue weighted by Gasteiger charge is -2.07. The average molecular weight is 214 g/mol. The van der Waals surface area contributed by atoms with E-state index in [-0.39, 0.29) is 0 Å². The van der Waals surface area contributed by atoms with Crippen LogP contribution in [0.2, 0.25) is 0 Å². The molecule has 70 valence electrons. The Hall–Kier alpha value is -0.210. The first-order valence-electron chi connectivity index (χ1n) is 4.48. The van der Waals surface area contributed by atoms with Crippen molar-refractivity contribution in [1.29, 1.82) is 0 Å². The highest BCUT2D eigenvalue weighted by Crippen LogP contribution is 2.40. The summed E-state index contributed by atoms with van der Waals surface area (Å²) in [5.41, 5.74) is 2.47. The van der Waals surface area contributed by atoms with Crippen molar-refractivity contribution in [1.82, 2.24) is 4.98 Å². The van der Waals surface area contributed by atoms with Gasteiger partial charge in [0.25, 0.3) is 0 Å². The van der Waals surface area contributed by atoms with Crippen LogP contribution in [0, 0.1) is 6.92 Å². The van der Waals surface area contributed by atoms with Gasteiger partial charge in [-0.05, 0) is 31.4 Å². The summed E-state index contributed by atoms with van der Waals surface area (Å²) in [6, 6.07) is 2.02. The van der Waals surface area contributed by atoms with Gasteiger partial charge in [0.2, 0.25) is 0 Å². The SMILES string of the molecule is Cc1ccnc(SC2CC2)c1CCl. The summed E-state index contributed by atoms with van der Waals surface area (Å²) in [6.07, 6.45) is 4.54. The molecule has 0 bridgehead atoms. The Balaban J connectivity index is 2.25. The molecule has 3 heteroatoms. The van der Waals surface area contributed by atoms with E-state index in [9.17, 15) is 0 Å². The Morgan fingerprint density at radius 3 is 3.00 bits per heavy atom. The van der Waals surface area contributed by atoms with Gasteiger partial charge in [-0.2, -0.15) is 0 Å². The summed E-state index contributed by atoms with van der Waals surface area (Å²) in [5, 5.41) is 1.94. The lowest BCUT2D eigenvalue weighted by Crippen LogP contribution is -1.93. The van der Waals surface area contributed by atoms with E-state index in [1.54, 1.807) is 0 Å². The van der Waals surface area contributed by atoms with Crippen molar-refractivity contribution in [3.05, 3.63) is 23.4 Å². The molecule has 2 rings (SSSR count). The van der Waals surface area contributed by atoms with Gasteiger partial charge in [0, 0.05) is 17.0 Å². The summed E-state index contributed by atoms with van der Waals surface area (Å²) >= 11 is 7.77. The number of hydrogen-bond donors (Lipinski definition) is 0. The van der Waals surface area contributed by atoms with Crippen LogP contribution in [0.15, 0.2) is 17.3 Å². The van der Waals surface area contributed by atoms with Crippen molar-refractivity contribution < 1.29 is 0 Å². The summed E-state index contributed by atoms with van der Waals surface area (Å²) in [4.78, 5) is 4.37. The molecule has 1 fully saturated rings. The zero-order valence-electron chi connectivity index (χ0n) is 7.59. The molecule has 0 atom stereocenters. The third kappa shape index (κ3) is 2.18. The molecular formula is C10H12ClNS. The van der Waals surface area contributed by atoms with Crippen LogP contribution in [0.25, 0.3) is 0 Å². The molecule has 0 N–H and O–H groups in total. The Morgan fingerprint density at radius 2 is 2.38 bits per heavy atom. The monoisotopic (exact) mass is 213 g/mol. The fourth-order valence-corrected chi connectivity index (χ4v) is 2.77. The van der Waals surface area contributed by atoms with Crippen LogP contribution >= 0.6 is 23.4 Å². The predicted molar refractivity (Wildman–Crippen MR) is 57.4 cm³/mol. The number of pyridine rings is 1. The van der Waals surface area contributed by atoms with Crippen molar-refractivity contribution in [3.63, 3.8) is 0 Å². The van der Waals surface area contributed by atoms with Crippen molar-refractivity contribution >= 4 is 23.4 Å². The minimum Gasteiger partial charge on any atom is -0.250 e. The minimum atomic E-state index is 0.578.